The van der Waals surface area contributed by atoms with Crippen LogP contribution in [0.4, 0.5) is 0 Å². The van der Waals surface area contributed by atoms with E-state index in [-0.39, 0.29) is 0 Å². The molecule has 0 aromatic heterocycles. The fraction of sp³-hybridized carbons (Fsp3) is 0.562. The van der Waals surface area contributed by atoms with Gasteiger partial charge in [-0.25, -0.2) is 4.79 Å². The van der Waals surface area contributed by atoms with Crippen molar-refractivity contribution in [2.75, 3.05) is 26.2 Å². The molecule has 0 saturated carbocycles. The van der Waals surface area contributed by atoms with E-state index in [9.17, 15) is 4.79 Å². The number of nitrogens with zero attached hydrogens (tertiary/aromatic N) is 2. The van der Waals surface area contributed by atoms with Gasteiger partial charge in [0.25, 0.3) is 0 Å². The molecule has 0 radical (unpaired) electrons. The maximum atomic E-state index is 11.0. The molecule has 0 spiro atoms. The highest BCUT2D eigenvalue weighted by atomic mass is 16.4. The average molecular weight is 274 g/mol. The number of aromatic carboxylic acids is 1. The summed E-state index contributed by atoms with van der Waals surface area (Å²) in [5.74, 6) is -0.844. The van der Waals surface area contributed by atoms with Gasteiger partial charge in [0.15, 0.2) is 0 Å². The van der Waals surface area contributed by atoms with Gasteiger partial charge in [0.05, 0.1) is 5.56 Å². The van der Waals surface area contributed by atoms with Crippen molar-refractivity contribution in [3.8, 4) is 0 Å². The van der Waals surface area contributed by atoms with Gasteiger partial charge < -0.3 is 5.11 Å². The van der Waals surface area contributed by atoms with E-state index in [1.165, 1.54) is 32.4 Å². The van der Waals surface area contributed by atoms with Crippen LogP contribution in [0.1, 0.15) is 35.2 Å². The zero-order chi connectivity index (χ0) is 13.9. The number of likely N-dealkylation sites (tertiary alicyclic amines) is 2. The Kier molecular flexibility index (Phi) is 4.03. The Morgan fingerprint density at radius 1 is 1.25 bits per heavy atom. The second-order valence-corrected chi connectivity index (χ2v) is 5.93. The minimum atomic E-state index is -0.844. The van der Waals surface area contributed by atoms with Crippen LogP contribution in [0.25, 0.3) is 0 Å². The maximum Gasteiger partial charge on any atom is 0.335 e. The molecule has 3 rings (SSSR count). The van der Waals surface area contributed by atoms with Crippen LogP contribution in [0.5, 0.6) is 0 Å². The third-order valence-corrected chi connectivity index (χ3v) is 4.48. The summed E-state index contributed by atoms with van der Waals surface area (Å²) in [5.41, 5.74) is 1.49. The van der Waals surface area contributed by atoms with Gasteiger partial charge in [-0.2, -0.15) is 0 Å². The summed E-state index contributed by atoms with van der Waals surface area (Å²) < 4.78 is 0. The highest BCUT2D eigenvalue weighted by molar-refractivity contribution is 5.87. The summed E-state index contributed by atoms with van der Waals surface area (Å²) in [7, 11) is 0. The van der Waals surface area contributed by atoms with E-state index >= 15 is 0 Å². The first-order chi connectivity index (χ1) is 9.72. The van der Waals surface area contributed by atoms with Crippen LogP contribution in [0.15, 0.2) is 24.3 Å². The van der Waals surface area contributed by atoms with Crippen molar-refractivity contribution in [2.24, 2.45) is 0 Å². The molecule has 0 aliphatic carbocycles. The van der Waals surface area contributed by atoms with Gasteiger partial charge in [-0.1, -0.05) is 12.1 Å². The Bertz CT molecular complexity index is 483. The van der Waals surface area contributed by atoms with Crippen molar-refractivity contribution in [1.29, 1.82) is 0 Å². The number of benzene rings is 1. The van der Waals surface area contributed by atoms with Crippen LogP contribution in [-0.2, 0) is 6.54 Å². The molecule has 2 saturated heterocycles. The predicted octanol–water partition coefficient (Wildman–Crippen LogP) is 2.05. The van der Waals surface area contributed by atoms with Gasteiger partial charge in [-0.3, -0.25) is 9.80 Å². The Hall–Kier alpha value is -1.39. The molecule has 1 unspecified atom stereocenters. The lowest BCUT2D eigenvalue weighted by Gasteiger charge is -2.23. The lowest BCUT2D eigenvalue weighted by molar-refractivity contribution is 0.0696. The average Bonchev–Trinajstić information content (AvgIpc) is 3.09. The minimum Gasteiger partial charge on any atom is -0.478 e. The number of carboxylic acid groups (broad SMARTS) is 1. The molecule has 2 heterocycles. The highest BCUT2D eigenvalue weighted by Gasteiger charge is 2.29. The predicted molar refractivity (Wildman–Crippen MR) is 77.9 cm³/mol. The van der Waals surface area contributed by atoms with Crippen molar-refractivity contribution < 1.29 is 9.90 Å². The van der Waals surface area contributed by atoms with Crippen LogP contribution >= 0.6 is 0 Å². The van der Waals surface area contributed by atoms with Crippen molar-refractivity contribution in [1.82, 2.24) is 9.80 Å². The Labute approximate surface area is 120 Å². The lowest BCUT2D eigenvalue weighted by Crippen LogP contribution is -2.35. The first-order valence-electron chi connectivity index (χ1n) is 7.51. The Morgan fingerprint density at radius 3 is 2.80 bits per heavy atom. The molecule has 1 aromatic carbocycles. The molecule has 2 aliphatic rings. The standard InChI is InChI=1S/C16H22N2O2/c19-16(20)14-5-3-4-13(10-14)11-17-9-6-15(12-17)18-7-1-2-8-18/h3-5,10,15H,1-2,6-9,11-12H2,(H,19,20). The van der Waals surface area contributed by atoms with Gasteiger partial charge in [-0.05, 0) is 50.0 Å². The number of carbonyl (C=O) groups is 1. The zero-order valence-electron chi connectivity index (χ0n) is 11.8. The van der Waals surface area contributed by atoms with E-state index in [0.29, 0.717) is 11.6 Å². The Morgan fingerprint density at radius 2 is 2.05 bits per heavy atom. The molecule has 1 atom stereocenters. The quantitative estimate of drug-likeness (QED) is 0.912. The number of rotatable bonds is 4. The molecule has 4 nitrogen and oxygen atoms in total. The molecule has 0 bridgehead atoms. The van der Waals surface area contributed by atoms with Gasteiger partial charge in [0, 0.05) is 25.7 Å². The van der Waals surface area contributed by atoms with E-state index in [2.05, 4.69) is 9.80 Å². The first kappa shape index (κ1) is 13.6. The van der Waals surface area contributed by atoms with E-state index in [4.69, 9.17) is 5.11 Å². The van der Waals surface area contributed by atoms with Gasteiger partial charge >= 0.3 is 5.97 Å². The molecular weight excluding hydrogens is 252 g/mol. The summed E-state index contributed by atoms with van der Waals surface area (Å²) in [6, 6.07) is 8.02. The third-order valence-electron chi connectivity index (χ3n) is 4.48. The number of carboxylic acids is 1. The molecule has 0 amide bonds. The number of hydrogen-bond donors (Lipinski definition) is 1. The normalized spacial score (nSPS) is 24.3. The topological polar surface area (TPSA) is 43.8 Å². The van der Waals surface area contributed by atoms with Crippen LogP contribution in [0, 0.1) is 0 Å². The second kappa shape index (κ2) is 5.94. The minimum absolute atomic E-state index is 0.387. The smallest absolute Gasteiger partial charge is 0.335 e. The highest BCUT2D eigenvalue weighted by Crippen LogP contribution is 2.22. The van der Waals surface area contributed by atoms with Gasteiger partial charge in [0.1, 0.15) is 0 Å². The summed E-state index contributed by atoms with van der Waals surface area (Å²) in [6.07, 6.45) is 3.94. The Balaban J connectivity index is 1.58. The number of hydrogen-bond acceptors (Lipinski definition) is 3. The molecular formula is C16H22N2O2. The largest absolute Gasteiger partial charge is 0.478 e. The fourth-order valence-corrected chi connectivity index (χ4v) is 3.42. The van der Waals surface area contributed by atoms with Crippen LogP contribution in [0.2, 0.25) is 0 Å². The lowest BCUT2D eigenvalue weighted by atomic mass is 10.1. The summed E-state index contributed by atoms with van der Waals surface area (Å²) in [6.45, 7) is 5.63. The molecule has 108 valence electrons. The van der Waals surface area contributed by atoms with Crippen LogP contribution < -0.4 is 0 Å². The third kappa shape index (κ3) is 3.02. The van der Waals surface area contributed by atoms with E-state index in [1.54, 1.807) is 12.1 Å². The van der Waals surface area contributed by atoms with Crippen molar-refractivity contribution in [2.45, 2.75) is 31.8 Å². The van der Waals surface area contributed by atoms with E-state index in [1.807, 2.05) is 12.1 Å². The van der Waals surface area contributed by atoms with Crippen molar-refractivity contribution >= 4 is 5.97 Å². The van der Waals surface area contributed by atoms with Gasteiger partial charge in [0.2, 0.25) is 0 Å². The van der Waals surface area contributed by atoms with Crippen LogP contribution in [0.3, 0.4) is 0 Å². The monoisotopic (exact) mass is 274 g/mol. The van der Waals surface area contributed by atoms with Gasteiger partial charge in [-0.15, -0.1) is 0 Å². The SMILES string of the molecule is O=C(O)c1cccc(CN2CCC(N3CCCC3)C2)c1. The first-order valence-corrected chi connectivity index (χ1v) is 7.51. The van der Waals surface area contributed by atoms with E-state index < -0.39 is 5.97 Å². The molecule has 1 aromatic rings. The molecule has 20 heavy (non-hydrogen) atoms. The maximum absolute atomic E-state index is 11.0. The summed E-state index contributed by atoms with van der Waals surface area (Å²) in [4.78, 5) is 16.1. The summed E-state index contributed by atoms with van der Waals surface area (Å²) in [5, 5.41) is 9.04. The van der Waals surface area contributed by atoms with E-state index in [0.717, 1.165) is 25.2 Å². The summed E-state index contributed by atoms with van der Waals surface area (Å²) >= 11 is 0. The molecule has 2 aliphatic heterocycles. The molecule has 2 fully saturated rings. The second-order valence-electron chi connectivity index (χ2n) is 5.93. The van der Waals surface area contributed by atoms with Crippen LogP contribution in [-0.4, -0.2) is 53.1 Å². The fourth-order valence-electron chi connectivity index (χ4n) is 3.42. The molecule has 1 N–H and O–H groups in total. The molecule has 4 heteroatoms. The van der Waals surface area contributed by atoms with Crippen molar-refractivity contribution in [3.05, 3.63) is 35.4 Å². The zero-order valence-corrected chi connectivity index (χ0v) is 11.8. The van der Waals surface area contributed by atoms with Crippen molar-refractivity contribution in [3.63, 3.8) is 0 Å².